The summed E-state index contributed by atoms with van der Waals surface area (Å²) in [6.07, 6.45) is 13.5. The molecule has 0 unspecified atom stereocenters. The molecule has 112 valence electrons. The second kappa shape index (κ2) is 8.77. The van der Waals surface area contributed by atoms with Gasteiger partial charge in [0.2, 0.25) is 5.95 Å². The van der Waals surface area contributed by atoms with Gasteiger partial charge in [-0.3, -0.25) is 0 Å². The first-order valence-electron chi connectivity index (χ1n) is 8.22. The Morgan fingerprint density at radius 1 is 1.15 bits per heavy atom. The van der Waals surface area contributed by atoms with E-state index >= 15 is 0 Å². The summed E-state index contributed by atoms with van der Waals surface area (Å²) in [5.74, 6) is 1.71. The number of rotatable bonds is 7. The second-order valence-corrected chi connectivity index (χ2v) is 5.73. The van der Waals surface area contributed by atoms with Crippen molar-refractivity contribution < 1.29 is 0 Å². The minimum atomic E-state index is 0.584. The maximum Gasteiger partial charge on any atom is 0.224 e. The van der Waals surface area contributed by atoms with Gasteiger partial charge < -0.3 is 10.6 Å². The van der Waals surface area contributed by atoms with Crippen LogP contribution in [-0.4, -0.2) is 22.6 Å². The number of aromatic nitrogens is 2. The Kier molecular flexibility index (Phi) is 6.61. The minimum absolute atomic E-state index is 0.584. The van der Waals surface area contributed by atoms with Gasteiger partial charge in [-0.05, 0) is 25.3 Å². The van der Waals surface area contributed by atoms with Crippen molar-refractivity contribution in [3.8, 4) is 0 Å². The van der Waals surface area contributed by atoms with Gasteiger partial charge >= 0.3 is 0 Å². The van der Waals surface area contributed by atoms with E-state index in [1.165, 1.54) is 57.8 Å². The molecule has 0 saturated heterocycles. The Bertz CT molecular complexity index is 372. The normalized spacial score (nSPS) is 16.6. The Hall–Kier alpha value is -1.32. The molecule has 4 heteroatoms. The zero-order valence-corrected chi connectivity index (χ0v) is 12.7. The Labute approximate surface area is 122 Å². The Balaban J connectivity index is 1.81. The average molecular weight is 276 g/mol. The van der Waals surface area contributed by atoms with E-state index in [9.17, 15) is 0 Å². The van der Waals surface area contributed by atoms with Crippen LogP contribution in [0.15, 0.2) is 12.3 Å². The summed E-state index contributed by atoms with van der Waals surface area (Å²) in [5.41, 5.74) is 0. The zero-order valence-electron chi connectivity index (χ0n) is 12.7. The molecule has 1 aliphatic carbocycles. The summed E-state index contributed by atoms with van der Waals surface area (Å²) in [5, 5.41) is 6.88. The summed E-state index contributed by atoms with van der Waals surface area (Å²) < 4.78 is 0. The van der Waals surface area contributed by atoms with Gasteiger partial charge in [0.25, 0.3) is 0 Å². The molecule has 1 heterocycles. The van der Waals surface area contributed by atoms with E-state index in [-0.39, 0.29) is 0 Å². The monoisotopic (exact) mass is 276 g/mol. The predicted molar refractivity (Wildman–Crippen MR) is 85.2 cm³/mol. The molecule has 0 aromatic carbocycles. The molecule has 1 aromatic rings. The molecular weight excluding hydrogens is 248 g/mol. The summed E-state index contributed by atoms with van der Waals surface area (Å²) in [6.45, 7) is 3.18. The van der Waals surface area contributed by atoms with Crippen LogP contribution in [0.3, 0.4) is 0 Å². The highest BCUT2D eigenvalue weighted by Crippen LogP contribution is 2.20. The molecular formula is C16H28N4. The average Bonchev–Trinajstić information content (AvgIpc) is 2.73. The number of anilines is 2. The fraction of sp³-hybridized carbons (Fsp3) is 0.750. The SMILES string of the molecule is CCCCCNc1nccc(NC2CCCCCC2)n1. The first-order chi connectivity index (χ1) is 9.88. The van der Waals surface area contributed by atoms with Crippen molar-refractivity contribution in [1.29, 1.82) is 0 Å². The molecule has 0 bridgehead atoms. The Morgan fingerprint density at radius 3 is 2.70 bits per heavy atom. The molecule has 4 nitrogen and oxygen atoms in total. The van der Waals surface area contributed by atoms with Crippen molar-refractivity contribution in [2.45, 2.75) is 70.8 Å². The zero-order chi connectivity index (χ0) is 14.0. The van der Waals surface area contributed by atoms with Crippen LogP contribution in [0.1, 0.15) is 64.7 Å². The van der Waals surface area contributed by atoms with E-state index < -0.39 is 0 Å². The lowest BCUT2D eigenvalue weighted by molar-refractivity contribution is 0.617. The molecule has 0 atom stereocenters. The molecule has 0 radical (unpaired) electrons. The molecule has 1 aromatic heterocycles. The van der Waals surface area contributed by atoms with Gasteiger partial charge in [-0.15, -0.1) is 0 Å². The van der Waals surface area contributed by atoms with E-state index in [1.54, 1.807) is 0 Å². The second-order valence-electron chi connectivity index (χ2n) is 5.73. The molecule has 0 aliphatic heterocycles. The third-order valence-corrected chi connectivity index (χ3v) is 3.93. The predicted octanol–water partition coefficient (Wildman–Crippen LogP) is 4.21. The van der Waals surface area contributed by atoms with Crippen molar-refractivity contribution in [3.63, 3.8) is 0 Å². The highest BCUT2D eigenvalue weighted by atomic mass is 15.1. The van der Waals surface area contributed by atoms with E-state index in [0.29, 0.717) is 6.04 Å². The van der Waals surface area contributed by atoms with E-state index in [0.717, 1.165) is 18.3 Å². The van der Waals surface area contributed by atoms with Crippen LogP contribution < -0.4 is 10.6 Å². The van der Waals surface area contributed by atoms with Crippen molar-refractivity contribution in [1.82, 2.24) is 9.97 Å². The summed E-state index contributed by atoms with van der Waals surface area (Å²) in [6, 6.07) is 2.56. The number of unbranched alkanes of at least 4 members (excludes halogenated alkanes) is 2. The number of hydrogen-bond acceptors (Lipinski definition) is 4. The molecule has 1 aliphatic rings. The summed E-state index contributed by atoms with van der Waals surface area (Å²) in [4.78, 5) is 8.85. The van der Waals surface area contributed by atoms with Gasteiger partial charge in [-0.2, -0.15) is 4.98 Å². The maximum atomic E-state index is 4.56. The Morgan fingerprint density at radius 2 is 1.95 bits per heavy atom. The number of nitrogens with one attached hydrogen (secondary N) is 2. The van der Waals surface area contributed by atoms with Crippen LogP contribution in [0.4, 0.5) is 11.8 Å². The lowest BCUT2D eigenvalue weighted by Gasteiger charge is -2.17. The van der Waals surface area contributed by atoms with Crippen molar-refractivity contribution >= 4 is 11.8 Å². The van der Waals surface area contributed by atoms with Gasteiger partial charge in [0.15, 0.2) is 0 Å². The van der Waals surface area contributed by atoms with Crippen LogP contribution in [0.2, 0.25) is 0 Å². The third kappa shape index (κ3) is 5.35. The molecule has 1 fully saturated rings. The van der Waals surface area contributed by atoms with Crippen molar-refractivity contribution in [3.05, 3.63) is 12.3 Å². The quantitative estimate of drug-likeness (QED) is 0.578. The van der Waals surface area contributed by atoms with Crippen molar-refractivity contribution in [2.24, 2.45) is 0 Å². The molecule has 0 spiro atoms. The van der Waals surface area contributed by atoms with Crippen molar-refractivity contribution in [2.75, 3.05) is 17.2 Å². The highest BCUT2D eigenvalue weighted by Gasteiger charge is 2.12. The number of hydrogen-bond donors (Lipinski definition) is 2. The minimum Gasteiger partial charge on any atom is -0.367 e. The fourth-order valence-electron chi connectivity index (χ4n) is 2.73. The standard InChI is InChI=1S/C16H28N4/c1-2-3-8-12-17-16-18-13-11-15(20-16)19-14-9-6-4-5-7-10-14/h11,13-14H,2-10,12H2,1H3,(H2,17,18,19,20). The largest absolute Gasteiger partial charge is 0.367 e. The van der Waals surface area contributed by atoms with Gasteiger partial charge in [0.1, 0.15) is 5.82 Å². The number of nitrogens with zero attached hydrogens (tertiary/aromatic N) is 2. The van der Waals surface area contributed by atoms with E-state index in [1.807, 2.05) is 12.3 Å². The molecule has 2 N–H and O–H groups in total. The molecule has 1 saturated carbocycles. The maximum absolute atomic E-state index is 4.56. The topological polar surface area (TPSA) is 49.8 Å². The van der Waals surface area contributed by atoms with Crippen LogP contribution in [0, 0.1) is 0 Å². The van der Waals surface area contributed by atoms with Crippen LogP contribution in [-0.2, 0) is 0 Å². The fourth-order valence-corrected chi connectivity index (χ4v) is 2.73. The lowest BCUT2D eigenvalue weighted by atomic mass is 10.1. The van der Waals surface area contributed by atoms with Gasteiger partial charge in [-0.1, -0.05) is 45.4 Å². The van der Waals surface area contributed by atoms with Gasteiger partial charge in [0.05, 0.1) is 0 Å². The van der Waals surface area contributed by atoms with Gasteiger partial charge in [-0.25, -0.2) is 4.98 Å². The first kappa shape index (κ1) is 15.1. The summed E-state index contributed by atoms with van der Waals surface area (Å²) >= 11 is 0. The first-order valence-corrected chi connectivity index (χ1v) is 8.22. The van der Waals surface area contributed by atoms with E-state index in [2.05, 4.69) is 27.5 Å². The van der Waals surface area contributed by atoms with Crippen LogP contribution in [0.25, 0.3) is 0 Å². The van der Waals surface area contributed by atoms with Crippen LogP contribution >= 0.6 is 0 Å². The highest BCUT2D eigenvalue weighted by molar-refractivity contribution is 5.40. The molecule has 20 heavy (non-hydrogen) atoms. The summed E-state index contributed by atoms with van der Waals surface area (Å²) in [7, 11) is 0. The molecule has 2 rings (SSSR count). The molecule has 0 amide bonds. The third-order valence-electron chi connectivity index (χ3n) is 3.93. The van der Waals surface area contributed by atoms with Crippen LogP contribution in [0.5, 0.6) is 0 Å². The van der Waals surface area contributed by atoms with Gasteiger partial charge in [0, 0.05) is 18.8 Å². The van der Waals surface area contributed by atoms with E-state index in [4.69, 9.17) is 0 Å². The smallest absolute Gasteiger partial charge is 0.224 e. The lowest BCUT2D eigenvalue weighted by Crippen LogP contribution is -2.19.